The first-order chi connectivity index (χ1) is 9.95. The number of nitrogens with zero attached hydrogens (tertiary/aromatic N) is 2. The van der Waals surface area contributed by atoms with E-state index in [9.17, 15) is 13.2 Å². The molecule has 0 fully saturated rings. The number of fused-ring (bicyclic) bond motifs is 1. The van der Waals surface area contributed by atoms with Crippen molar-refractivity contribution in [3.8, 4) is 0 Å². The highest BCUT2D eigenvalue weighted by Crippen LogP contribution is 2.24. The molecule has 4 N–H and O–H groups in total. The molecule has 2 rings (SSSR count). The predicted octanol–water partition coefficient (Wildman–Crippen LogP) is -0.782. The average molecular weight is 333 g/mol. The lowest BCUT2D eigenvalue weighted by molar-refractivity contribution is -0.122. The number of aromatic nitrogens is 2. The van der Waals surface area contributed by atoms with Crippen LogP contribution in [0.4, 0.5) is 5.82 Å². The molecule has 0 bridgehead atoms. The zero-order valence-electron chi connectivity index (χ0n) is 11.2. The van der Waals surface area contributed by atoms with Crippen molar-refractivity contribution >= 4 is 38.0 Å². The normalized spacial score (nSPS) is 11.9. The van der Waals surface area contributed by atoms with Crippen molar-refractivity contribution in [2.24, 2.45) is 5.73 Å². The van der Waals surface area contributed by atoms with Crippen LogP contribution in [0.3, 0.4) is 0 Å². The minimum Gasteiger partial charge on any atom is -0.371 e. The maximum Gasteiger partial charge on any atom is 0.260 e. The van der Waals surface area contributed by atoms with Crippen molar-refractivity contribution in [1.29, 1.82) is 0 Å². The summed E-state index contributed by atoms with van der Waals surface area (Å²) in [5.41, 5.74) is 4.90. The number of hydrogen-bond acceptors (Lipinski definition) is 7. The van der Waals surface area contributed by atoms with Gasteiger partial charge in [-0.25, -0.2) is 18.1 Å². The van der Waals surface area contributed by atoms with Crippen LogP contribution in [0.5, 0.6) is 0 Å². The molecule has 0 saturated carbocycles. The Labute approximate surface area is 125 Å². The highest BCUT2D eigenvalue weighted by atomic mass is 32.2. The standard InChI is InChI=1S/C10H15N5O4S2/c1-12-8-9(15-3-5-20-10(15)14-8)21(17,18)13-2-4-19-6-7(11)16/h3,5,12-13H,2,4,6H2,1H3,(H2,11,16). The van der Waals surface area contributed by atoms with E-state index < -0.39 is 15.9 Å². The van der Waals surface area contributed by atoms with Gasteiger partial charge in [0.2, 0.25) is 5.91 Å². The van der Waals surface area contributed by atoms with Crippen molar-refractivity contribution in [3.63, 3.8) is 0 Å². The Balaban J connectivity index is 2.10. The maximum absolute atomic E-state index is 12.3. The molecule has 11 heteroatoms. The number of nitrogens with two attached hydrogens (primary N) is 1. The lowest BCUT2D eigenvalue weighted by Crippen LogP contribution is -2.30. The smallest absolute Gasteiger partial charge is 0.260 e. The van der Waals surface area contributed by atoms with Gasteiger partial charge < -0.3 is 15.8 Å². The molecule has 116 valence electrons. The van der Waals surface area contributed by atoms with E-state index in [0.29, 0.717) is 4.96 Å². The van der Waals surface area contributed by atoms with Gasteiger partial charge in [-0.05, 0) is 0 Å². The number of amides is 1. The summed E-state index contributed by atoms with van der Waals surface area (Å²) in [6.45, 7) is -0.177. The Bertz CT molecular complexity index is 736. The highest BCUT2D eigenvalue weighted by molar-refractivity contribution is 7.89. The second-order valence-electron chi connectivity index (χ2n) is 3.99. The fraction of sp³-hybridized carbons (Fsp3) is 0.400. The molecule has 0 aliphatic rings. The second kappa shape index (κ2) is 6.39. The molecule has 2 heterocycles. The molecular formula is C10H15N5O4S2. The number of thiazole rings is 1. The fourth-order valence-electron chi connectivity index (χ4n) is 1.67. The number of imidazole rings is 1. The summed E-state index contributed by atoms with van der Waals surface area (Å²) in [5.74, 6) is -0.335. The molecule has 0 spiro atoms. The van der Waals surface area contributed by atoms with Gasteiger partial charge in [0, 0.05) is 25.2 Å². The van der Waals surface area contributed by atoms with Crippen LogP contribution in [0, 0.1) is 0 Å². The summed E-state index contributed by atoms with van der Waals surface area (Å²) >= 11 is 1.33. The molecule has 0 aromatic carbocycles. The average Bonchev–Trinajstić information content (AvgIpc) is 2.96. The number of nitrogens with one attached hydrogen (secondary N) is 2. The summed E-state index contributed by atoms with van der Waals surface area (Å²) in [4.78, 5) is 15.2. The van der Waals surface area contributed by atoms with Crippen LogP contribution >= 0.6 is 11.3 Å². The number of sulfonamides is 1. The summed E-state index contributed by atoms with van der Waals surface area (Å²) in [6, 6.07) is 0. The quantitative estimate of drug-likeness (QED) is 0.544. The molecule has 0 aliphatic carbocycles. The summed E-state index contributed by atoms with van der Waals surface area (Å²) < 4.78 is 33.4. The van der Waals surface area contributed by atoms with E-state index in [2.05, 4.69) is 15.0 Å². The predicted molar refractivity (Wildman–Crippen MR) is 77.8 cm³/mol. The lowest BCUT2D eigenvalue weighted by atomic mass is 10.6. The molecule has 0 atom stereocenters. The van der Waals surface area contributed by atoms with Crippen LogP contribution in [0.15, 0.2) is 16.6 Å². The van der Waals surface area contributed by atoms with E-state index in [0.717, 1.165) is 0 Å². The first-order valence-electron chi connectivity index (χ1n) is 5.94. The van der Waals surface area contributed by atoms with E-state index in [1.54, 1.807) is 18.6 Å². The minimum atomic E-state index is -3.76. The van der Waals surface area contributed by atoms with Gasteiger partial charge in [-0.15, -0.1) is 11.3 Å². The molecule has 21 heavy (non-hydrogen) atoms. The first-order valence-corrected chi connectivity index (χ1v) is 8.31. The summed E-state index contributed by atoms with van der Waals surface area (Å²) in [5, 5.41) is 4.54. The van der Waals surface area contributed by atoms with E-state index in [1.165, 1.54) is 15.7 Å². The Kier molecular flexibility index (Phi) is 4.77. The first kappa shape index (κ1) is 15.7. The maximum atomic E-state index is 12.3. The van der Waals surface area contributed by atoms with Gasteiger partial charge in [0.15, 0.2) is 15.8 Å². The number of carbonyl (C=O) groups is 1. The van der Waals surface area contributed by atoms with Gasteiger partial charge in [-0.3, -0.25) is 9.20 Å². The van der Waals surface area contributed by atoms with Crippen molar-refractivity contribution in [1.82, 2.24) is 14.1 Å². The van der Waals surface area contributed by atoms with Gasteiger partial charge in [0.05, 0.1) is 6.61 Å². The third kappa shape index (κ3) is 3.50. The van der Waals surface area contributed by atoms with Crippen LogP contribution in [0.25, 0.3) is 4.96 Å². The Hall–Kier alpha value is -1.69. The molecule has 0 saturated heterocycles. The van der Waals surface area contributed by atoms with Crippen LogP contribution < -0.4 is 15.8 Å². The van der Waals surface area contributed by atoms with Crippen LogP contribution in [-0.2, 0) is 19.6 Å². The highest BCUT2D eigenvalue weighted by Gasteiger charge is 2.24. The summed E-state index contributed by atoms with van der Waals surface area (Å²) in [7, 11) is -2.16. The van der Waals surface area contributed by atoms with Crippen molar-refractivity contribution in [2.75, 3.05) is 32.1 Å². The lowest BCUT2D eigenvalue weighted by Gasteiger charge is -2.07. The molecule has 0 unspecified atom stereocenters. The summed E-state index contributed by atoms with van der Waals surface area (Å²) in [6.07, 6.45) is 1.63. The Morgan fingerprint density at radius 1 is 1.57 bits per heavy atom. The number of ether oxygens (including phenoxy) is 1. The molecule has 0 aliphatic heterocycles. The number of carbonyl (C=O) groups excluding carboxylic acids is 1. The number of primary amides is 1. The molecule has 2 aromatic rings. The minimum absolute atomic E-state index is 0.0239. The topological polar surface area (TPSA) is 128 Å². The number of hydrogen-bond donors (Lipinski definition) is 3. The Morgan fingerprint density at radius 3 is 3.00 bits per heavy atom. The van der Waals surface area contributed by atoms with Crippen LogP contribution in [0.1, 0.15) is 0 Å². The van der Waals surface area contributed by atoms with Crippen molar-refractivity contribution in [2.45, 2.75) is 5.03 Å². The molecule has 9 nitrogen and oxygen atoms in total. The third-order valence-electron chi connectivity index (χ3n) is 2.49. The van der Waals surface area contributed by atoms with Gasteiger partial charge in [-0.1, -0.05) is 0 Å². The van der Waals surface area contributed by atoms with E-state index in [4.69, 9.17) is 10.5 Å². The molecule has 2 aromatic heterocycles. The second-order valence-corrected chi connectivity index (χ2v) is 6.54. The van der Waals surface area contributed by atoms with Crippen molar-refractivity contribution < 1.29 is 17.9 Å². The van der Waals surface area contributed by atoms with E-state index in [1.807, 2.05) is 0 Å². The van der Waals surface area contributed by atoms with Crippen LogP contribution in [0.2, 0.25) is 0 Å². The van der Waals surface area contributed by atoms with Gasteiger partial charge >= 0.3 is 0 Å². The zero-order valence-corrected chi connectivity index (χ0v) is 12.8. The number of rotatable bonds is 8. The van der Waals surface area contributed by atoms with Gasteiger partial charge in [0.25, 0.3) is 10.0 Å². The monoisotopic (exact) mass is 333 g/mol. The van der Waals surface area contributed by atoms with Crippen LogP contribution in [-0.4, -0.2) is 50.5 Å². The number of anilines is 1. The SMILES string of the molecule is CNc1nc2sccn2c1S(=O)(=O)NCCOCC(N)=O. The zero-order chi connectivity index (χ0) is 15.5. The van der Waals surface area contributed by atoms with E-state index in [-0.39, 0.29) is 30.6 Å². The van der Waals surface area contributed by atoms with E-state index >= 15 is 0 Å². The largest absolute Gasteiger partial charge is 0.371 e. The molecule has 0 radical (unpaired) electrons. The molecular weight excluding hydrogens is 318 g/mol. The van der Waals surface area contributed by atoms with Gasteiger partial charge in [-0.2, -0.15) is 0 Å². The molecule has 1 amide bonds. The van der Waals surface area contributed by atoms with Gasteiger partial charge in [0.1, 0.15) is 6.61 Å². The van der Waals surface area contributed by atoms with Crippen molar-refractivity contribution in [3.05, 3.63) is 11.6 Å². The third-order valence-corrected chi connectivity index (χ3v) is 4.73. The fourth-order valence-corrected chi connectivity index (χ4v) is 3.74. The Morgan fingerprint density at radius 2 is 2.33 bits per heavy atom.